The molecule has 0 atom stereocenters. The molecule has 1 fully saturated rings. The lowest BCUT2D eigenvalue weighted by atomic mass is 10.2. The minimum Gasteiger partial charge on any atom is -0.339 e. The van der Waals surface area contributed by atoms with Crippen molar-refractivity contribution in [2.45, 2.75) is 6.54 Å². The van der Waals surface area contributed by atoms with Gasteiger partial charge >= 0.3 is 0 Å². The fourth-order valence-corrected chi connectivity index (χ4v) is 3.92. The number of hydrogen-bond acceptors (Lipinski definition) is 6. The van der Waals surface area contributed by atoms with Gasteiger partial charge in [-0.05, 0) is 24.6 Å². The van der Waals surface area contributed by atoms with Gasteiger partial charge in [-0.25, -0.2) is 0 Å². The Kier molecular flexibility index (Phi) is 4.87. The summed E-state index contributed by atoms with van der Waals surface area (Å²) >= 11 is 1.48. The van der Waals surface area contributed by atoms with E-state index in [9.17, 15) is 9.59 Å². The number of piperazine rings is 1. The average molecular weight is 384 g/mol. The second-order valence-electron chi connectivity index (χ2n) is 6.56. The van der Waals surface area contributed by atoms with E-state index in [1.807, 2.05) is 16.3 Å². The first-order chi connectivity index (χ1) is 13.1. The molecule has 0 unspecified atom stereocenters. The molecule has 1 aliphatic heterocycles. The highest BCUT2D eigenvalue weighted by molar-refractivity contribution is 7.17. The van der Waals surface area contributed by atoms with Crippen LogP contribution in [0.1, 0.15) is 10.4 Å². The lowest BCUT2D eigenvalue weighted by molar-refractivity contribution is -0.133. The van der Waals surface area contributed by atoms with E-state index in [-0.39, 0.29) is 18.4 Å². The minimum absolute atomic E-state index is 0.0403. The summed E-state index contributed by atoms with van der Waals surface area (Å²) in [6.07, 6.45) is 4.86. The number of nitrogens with one attached hydrogen (secondary N) is 1. The van der Waals surface area contributed by atoms with Crippen LogP contribution in [-0.4, -0.2) is 69.6 Å². The molecular weight excluding hydrogens is 364 g/mol. The van der Waals surface area contributed by atoms with Crippen LogP contribution in [0.15, 0.2) is 36.1 Å². The van der Waals surface area contributed by atoms with Crippen LogP contribution >= 0.6 is 11.3 Å². The van der Waals surface area contributed by atoms with Gasteiger partial charge in [-0.15, -0.1) is 11.3 Å². The largest absolute Gasteiger partial charge is 0.339 e. The maximum atomic E-state index is 12.6. The van der Waals surface area contributed by atoms with E-state index < -0.39 is 0 Å². The zero-order chi connectivity index (χ0) is 18.8. The first kappa shape index (κ1) is 17.6. The Hall–Kier alpha value is -2.78. The summed E-state index contributed by atoms with van der Waals surface area (Å²) in [5.74, 6) is -0.173. The Morgan fingerprint density at radius 2 is 2.04 bits per heavy atom. The van der Waals surface area contributed by atoms with Crippen molar-refractivity contribution in [3.63, 3.8) is 0 Å². The molecule has 0 spiro atoms. The number of fused-ring (bicyclic) bond motifs is 1. The topological polar surface area (TPSA) is 83.4 Å². The summed E-state index contributed by atoms with van der Waals surface area (Å²) in [5, 5.41) is 8.96. The van der Waals surface area contributed by atoms with Crippen LogP contribution in [0, 0.1) is 0 Å². The van der Waals surface area contributed by atoms with Crippen molar-refractivity contribution in [2.24, 2.45) is 0 Å². The van der Waals surface area contributed by atoms with Gasteiger partial charge in [0.1, 0.15) is 6.54 Å². The van der Waals surface area contributed by atoms with Crippen LogP contribution in [0.25, 0.3) is 10.2 Å². The molecule has 1 aliphatic rings. The van der Waals surface area contributed by atoms with Crippen LogP contribution < -0.4 is 5.32 Å². The van der Waals surface area contributed by atoms with E-state index in [0.717, 1.165) is 36.4 Å². The first-order valence-corrected chi connectivity index (χ1v) is 9.60. The second-order valence-corrected chi connectivity index (χ2v) is 7.47. The van der Waals surface area contributed by atoms with E-state index in [1.54, 1.807) is 29.3 Å². The Morgan fingerprint density at radius 3 is 2.85 bits per heavy atom. The maximum absolute atomic E-state index is 12.6. The highest BCUT2D eigenvalue weighted by Gasteiger charge is 2.19. The Balaban J connectivity index is 1.40. The van der Waals surface area contributed by atoms with Gasteiger partial charge in [-0.3, -0.25) is 19.3 Å². The quantitative estimate of drug-likeness (QED) is 0.737. The smallest absolute Gasteiger partial charge is 0.257 e. The summed E-state index contributed by atoms with van der Waals surface area (Å²) in [4.78, 5) is 33.3. The zero-order valence-electron chi connectivity index (χ0n) is 15.0. The Labute approximate surface area is 160 Å². The molecular formula is C18H20N6O2S. The molecule has 3 aromatic rings. The second kappa shape index (κ2) is 7.45. The van der Waals surface area contributed by atoms with Crippen molar-refractivity contribution in [3.05, 3.63) is 41.7 Å². The maximum Gasteiger partial charge on any atom is 0.257 e. The molecule has 4 rings (SSSR count). The third-order valence-corrected chi connectivity index (χ3v) is 5.57. The van der Waals surface area contributed by atoms with Crippen molar-refractivity contribution >= 4 is 39.1 Å². The summed E-state index contributed by atoms with van der Waals surface area (Å²) in [5.41, 5.74) is 1.95. The zero-order valence-corrected chi connectivity index (χ0v) is 15.8. The molecule has 1 N–H and O–H groups in total. The van der Waals surface area contributed by atoms with Crippen LogP contribution in [0.2, 0.25) is 0 Å². The molecule has 2 amide bonds. The predicted octanol–water partition coefficient (Wildman–Crippen LogP) is 1.52. The lowest BCUT2D eigenvalue weighted by Crippen LogP contribution is -2.48. The number of nitrogens with zero attached hydrogens (tertiary/aromatic N) is 5. The van der Waals surface area contributed by atoms with Gasteiger partial charge in [0.15, 0.2) is 0 Å². The number of likely N-dealkylation sites (N-methyl/N-ethyl adjacent to an activating group) is 1. The molecule has 4 heterocycles. The van der Waals surface area contributed by atoms with Crippen molar-refractivity contribution in [2.75, 3.05) is 38.5 Å². The fraction of sp³-hybridized carbons (Fsp3) is 0.333. The summed E-state index contributed by atoms with van der Waals surface area (Å²) < 4.78 is 2.41. The number of pyridine rings is 1. The third-order valence-electron chi connectivity index (χ3n) is 4.63. The number of carbonyl (C=O) groups is 2. The number of carbonyl (C=O) groups excluding carboxylic acids is 2. The van der Waals surface area contributed by atoms with Gasteiger partial charge in [0.05, 0.1) is 27.7 Å². The van der Waals surface area contributed by atoms with Gasteiger partial charge in [0.25, 0.3) is 5.91 Å². The van der Waals surface area contributed by atoms with Crippen molar-refractivity contribution in [1.82, 2.24) is 24.6 Å². The summed E-state index contributed by atoms with van der Waals surface area (Å²) in [6.45, 7) is 3.41. The highest BCUT2D eigenvalue weighted by Crippen LogP contribution is 2.23. The van der Waals surface area contributed by atoms with Crippen molar-refractivity contribution in [3.8, 4) is 0 Å². The number of rotatable bonds is 4. The Bertz CT molecular complexity index is 973. The molecule has 3 aromatic heterocycles. The van der Waals surface area contributed by atoms with Gasteiger partial charge in [-0.2, -0.15) is 5.10 Å². The van der Waals surface area contributed by atoms with E-state index in [1.165, 1.54) is 11.3 Å². The van der Waals surface area contributed by atoms with Crippen LogP contribution in [-0.2, 0) is 11.3 Å². The number of anilines is 1. The molecule has 0 saturated carbocycles. The molecule has 0 bridgehead atoms. The number of hydrogen-bond donors (Lipinski definition) is 1. The summed E-state index contributed by atoms with van der Waals surface area (Å²) in [6, 6.07) is 3.59. The summed E-state index contributed by atoms with van der Waals surface area (Å²) in [7, 11) is 2.05. The number of thiophene rings is 1. The monoisotopic (exact) mass is 384 g/mol. The predicted molar refractivity (Wildman–Crippen MR) is 104 cm³/mol. The Morgan fingerprint density at radius 1 is 1.22 bits per heavy atom. The van der Waals surface area contributed by atoms with Crippen LogP contribution in [0.4, 0.5) is 5.69 Å². The normalized spacial score (nSPS) is 15.2. The van der Waals surface area contributed by atoms with E-state index in [4.69, 9.17) is 0 Å². The molecule has 0 aliphatic carbocycles. The minimum atomic E-state index is -0.213. The molecule has 0 radical (unpaired) electrons. The van der Waals surface area contributed by atoms with Crippen molar-refractivity contribution in [1.29, 1.82) is 0 Å². The van der Waals surface area contributed by atoms with E-state index in [0.29, 0.717) is 11.3 Å². The lowest BCUT2D eigenvalue weighted by Gasteiger charge is -2.32. The van der Waals surface area contributed by atoms with Gasteiger partial charge < -0.3 is 15.1 Å². The SMILES string of the molecule is CN1CCN(C(=O)Cn2cc(NC(=O)c3ccnc4ccsc34)cn2)CC1. The van der Waals surface area contributed by atoms with Gasteiger partial charge in [0, 0.05) is 38.6 Å². The first-order valence-electron chi connectivity index (χ1n) is 8.72. The van der Waals surface area contributed by atoms with Crippen molar-refractivity contribution < 1.29 is 9.59 Å². The molecule has 27 heavy (non-hydrogen) atoms. The van der Waals surface area contributed by atoms with Crippen LogP contribution in [0.3, 0.4) is 0 Å². The van der Waals surface area contributed by atoms with Gasteiger partial charge in [-0.1, -0.05) is 0 Å². The van der Waals surface area contributed by atoms with Crippen LogP contribution in [0.5, 0.6) is 0 Å². The fourth-order valence-electron chi connectivity index (χ4n) is 3.06. The average Bonchev–Trinajstić information content (AvgIpc) is 3.31. The third kappa shape index (κ3) is 3.83. The number of aromatic nitrogens is 3. The highest BCUT2D eigenvalue weighted by atomic mass is 32.1. The molecule has 0 aromatic carbocycles. The molecule has 8 nitrogen and oxygen atoms in total. The molecule has 140 valence electrons. The van der Waals surface area contributed by atoms with E-state index in [2.05, 4.69) is 27.3 Å². The molecule has 9 heteroatoms. The van der Waals surface area contributed by atoms with Gasteiger partial charge in [0.2, 0.25) is 5.91 Å². The number of amides is 2. The van der Waals surface area contributed by atoms with E-state index >= 15 is 0 Å². The standard InChI is InChI=1S/C18H20N6O2S/c1-22-5-7-23(8-6-22)16(25)12-24-11-13(10-20-24)21-18(26)14-2-4-19-15-3-9-27-17(14)15/h2-4,9-11H,5-8,12H2,1H3,(H,21,26). The molecule has 1 saturated heterocycles.